The average Bonchev–Trinajstić information content (AvgIpc) is 3.19. The van der Waals surface area contributed by atoms with Gasteiger partial charge in [-0.3, -0.25) is 5.32 Å². The number of nitrogens with one attached hydrogen (secondary N) is 1. The van der Waals surface area contributed by atoms with Crippen molar-refractivity contribution < 1.29 is 19.4 Å². The zero-order valence-electron chi connectivity index (χ0n) is 17.0. The minimum absolute atomic E-state index is 0.01000. The van der Waals surface area contributed by atoms with Crippen LogP contribution in [0.15, 0.2) is 53.8 Å². The molecule has 0 bridgehead atoms. The molecule has 0 unspecified atom stereocenters. The molecule has 0 saturated carbocycles. The molecule has 2 atom stereocenters. The van der Waals surface area contributed by atoms with E-state index in [1.165, 1.54) is 5.57 Å². The SMILES string of the molecule is COC1=CC=C(Cn2nnc3c2[C@H](CO)CC[C@H]3OC(=O)Nc2ccccc2)CC1. The van der Waals surface area contributed by atoms with Crippen molar-refractivity contribution in [3.05, 3.63) is 65.2 Å². The lowest BCUT2D eigenvalue weighted by Gasteiger charge is -2.27. The standard InChI is InChI=1S/C22H26N4O4/c1-29-18-10-7-15(8-11-18)13-26-21-16(14-27)9-12-19(20(21)24-25-26)30-22(28)23-17-5-3-2-4-6-17/h2-7,10,16,19,27H,8-9,11-14H2,1H3,(H,23,28)/t16-,19+/m0/s1. The van der Waals surface area contributed by atoms with Gasteiger partial charge in [0.15, 0.2) is 0 Å². The van der Waals surface area contributed by atoms with Crippen LogP contribution in [-0.4, -0.2) is 39.9 Å². The van der Waals surface area contributed by atoms with Crippen LogP contribution in [-0.2, 0) is 16.0 Å². The molecule has 1 aromatic carbocycles. The number of ether oxygens (including phenoxy) is 2. The van der Waals surface area contributed by atoms with Crippen LogP contribution in [0, 0.1) is 0 Å². The maximum atomic E-state index is 12.4. The van der Waals surface area contributed by atoms with Gasteiger partial charge in [-0.1, -0.05) is 29.5 Å². The molecule has 8 nitrogen and oxygen atoms in total. The summed E-state index contributed by atoms with van der Waals surface area (Å²) in [6, 6.07) is 9.16. The van der Waals surface area contributed by atoms with Crippen LogP contribution in [0.3, 0.4) is 0 Å². The fraction of sp³-hybridized carbons (Fsp3) is 0.409. The molecule has 0 fully saturated rings. The van der Waals surface area contributed by atoms with Crippen molar-refractivity contribution in [2.45, 2.75) is 44.2 Å². The first-order valence-electron chi connectivity index (χ1n) is 10.2. The third-order valence-corrected chi connectivity index (χ3v) is 5.57. The number of hydrogen-bond donors (Lipinski definition) is 2. The zero-order valence-corrected chi connectivity index (χ0v) is 17.0. The fourth-order valence-corrected chi connectivity index (χ4v) is 3.97. The lowest BCUT2D eigenvalue weighted by atomic mass is 9.88. The highest BCUT2D eigenvalue weighted by Gasteiger charge is 2.35. The van der Waals surface area contributed by atoms with Crippen molar-refractivity contribution in [3.63, 3.8) is 0 Å². The highest BCUT2D eigenvalue weighted by atomic mass is 16.6. The predicted molar refractivity (Wildman–Crippen MR) is 111 cm³/mol. The Kier molecular flexibility index (Phi) is 6.13. The third kappa shape index (κ3) is 4.38. The number of aromatic nitrogens is 3. The molecule has 1 amide bonds. The number of rotatable bonds is 6. The summed E-state index contributed by atoms with van der Waals surface area (Å²) in [4.78, 5) is 12.4. The number of carbonyl (C=O) groups excluding carboxylic acids is 1. The Labute approximate surface area is 175 Å². The largest absolute Gasteiger partial charge is 0.501 e. The molecular weight excluding hydrogens is 384 g/mol. The smallest absolute Gasteiger partial charge is 0.412 e. The van der Waals surface area contributed by atoms with Crippen LogP contribution in [0.4, 0.5) is 10.5 Å². The molecule has 2 aliphatic carbocycles. The molecular formula is C22H26N4O4. The van der Waals surface area contributed by atoms with Gasteiger partial charge in [-0.15, -0.1) is 5.10 Å². The summed E-state index contributed by atoms with van der Waals surface area (Å²) in [5.74, 6) is 0.895. The number of nitrogens with zero attached hydrogens (tertiary/aromatic N) is 3. The number of hydrogen-bond acceptors (Lipinski definition) is 6. The number of anilines is 1. The Balaban J connectivity index is 1.50. The lowest BCUT2D eigenvalue weighted by Crippen LogP contribution is -2.25. The summed E-state index contributed by atoms with van der Waals surface area (Å²) in [7, 11) is 1.68. The van der Waals surface area contributed by atoms with Gasteiger partial charge >= 0.3 is 6.09 Å². The van der Waals surface area contributed by atoms with Crippen LogP contribution in [0.5, 0.6) is 0 Å². The van der Waals surface area contributed by atoms with E-state index < -0.39 is 12.2 Å². The Morgan fingerprint density at radius 2 is 2.07 bits per heavy atom. The summed E-state index contributed by atoms with van der Waals surface area (Å²) in [6.07, 6.45) is 6.06. The van der Waals surface area contributed by atoms with Crippen LogP contribution in [0.2, 0.25) is 0 Å². The number of benzene rings is 1. The van der Waals surface area contributed by atoms with Gasteiger partial charge in [0.05, 0.1) is 31.7 Å². The molecule has 2 aliphatic rings. The van der Waals surface area contributed by atoms with Crippen molar-refractivity contribution in [1.82, 2.24) is 15.0 Å². The van der Waals surface area contributed by atoms with E-state index in [0.717, 1.165) is 24.3 Å². The quantitative estimate of drug-likeness (QED) is 0.754. The van der Waals surface area contributed by atoms with Gasteiger partial charge in [-0.25, -0.2) is 9.48 Å². The van der Waals surface area contributed by atoms with E-state index in [2.05, 4.69) is 21.7 Å². The first-order valence-corrected chi connectivity index (χ1v) is 10.2. The van der Waals surface area contributed by atoms with E-state index in [9.17, 15) is 9.90 Å². The molecule has 0 radical (unpaired) electrons. The second kappa shape index (κ2) is 9.13. The van der Waals surface area contributed by atoms with Crippen LogP contribution in [0.25, 0.3) is 0 Å². The van der Waals surface area contributed by atoms with Gasteiger partial charge in [0, 0.05) is 18.0 Å². The molecule has 1 heterocycles. The molecule has 30 heavy (non-hydrogen) atoms. The molecule has 1 aromatic heterocycles. The monoisotopic (exact) mass is 410 g/mol. The van der Waals surface area contributed by atoms with Crippen molar-refractivity contribution >= 4 is 11.8 Å². The van der Waals surface area contributed by atoms with E-state index in [-0.39, 0.29) is 12.5 Å². The molecule has 2 aromatic rings. The Morgan fingerprint density at radius 1 is 1.23 bits per heavy atom. The maximum Gasteiger partial charge on any atom is 0.412 e. The number of carbonyl (C=O) groups is 1. The van der Waals surface area contributed by atoms with E-state index in [4.69, 9.17) is 9.47 Å². The molecule has 158 valence electrons. The van der Waals surface area contributed by atoms with E-state index in [1.807, 2.05) is 29.0 Å². The maximum absolute atomic E-state index is 12.4. The van der Waals surface area contributed by atoms with Gasteiger partial charge < -0.3 is 14.6 Å². The van der Waals surface area contributed by atoms with Crippen molar-refractivity contribution in [1.29, 1.82) is 0 Å². The Bertz CT molecular complexity index is 951. The van der Waals surface area contributed by atoms with Crippen LogP contribution < -0.4 is 5.32 Å². The summed E-state index contributed by atoms with van der Waals surface area (Å²) in [5.41, 5.74) is 3.37. The van der Waals surface area contributed by atoms with Crippen LogP contribution in [0.1, 0.15) is 49.1 Å². The van der Waals surface area contributed by atoms with Crippen molar-refractivity contribution in [3.8, 4) is 0 Å². The number of aliphatic hydroxyl groups is 1. The second-order valence-corrected chi connectivity index (χ2v) is 7.52. The van der Waals surface area contributed by atoms with Gasteiger partial charge in [-0.2, -0.15) is 0 Å². The highest BCUT2D eigenvalue weighted by Crippen LogP contribution is 2.38. The third-order valence-electron chi connectivity index (χ3n) is 5.57. The number of methoxy groups -OCH3 is 1. The van der Waals surface area contributed by atoms with E-state index >= 15 is 0 Å². The Hall–Kier alpha value is -3.13. The average molecular weight is 410 g/mol. The molecule has 8 heteroatoms. The van der Waals surface area contributed by atoms with Gasteiger partial charge in [0.25, 0.3) is 0 Å². The minimum atomic E-state index is -0.527. The highest BCUT2D eigenvalue weighted by molar-refractivity contribution is 5.84. The van der Waals surface area contributed by atoms with Gasteiger partial charge in [0.1, 0.15) is 11.8 Å². The first kappa shape index (κ1) is 20.2. The van der Waals surface area contributed by atoms with E-state index in [1.54, 1.807) is 19.2 Å². The summed E-state index contributed by atoms with van der Waals surface area (Å²) >= 11 is 0. The van der Waals surface area contributed by atoms with Gasteiger partial charge in [-0.05, 0) is 43.0 Å². The lowest BCUT2D eigenvalue weighted by molar-refractivity contribution is 0.0898. The van der Waals surface area contributed by atoms with Gasteiger partial charge in [0.2, 0.25) is 0 Å². The number of para-hydroxylation sites is 1. The van der Waals surface area contributed by atoms with E-state index in [0.29, 0.717) is 30.8 Å². The summed E-state index contributed by atoms with van der Waals surface area (Å²) in [5, 5.41) is 21.3. The fourth-order valence-electron chi connectivity index (χ4n) is 3.97. The van der Waals surface area contributed by atoms with Crippen LogP contribution >= 0.6 is 0 Å². The predicted octanol–water partition coefficient (Wildman–Crippen LogP) is 3.69. The molecule has 4 rings (SSSR count). The number of allylic oxidation sites excluding steroid dienone is 4. The zero-order chi connectivity index (χ0) is 20.9. The summed E-state index contributed by atoms with van der Waals surface area (Å²) in [6.45, 7) is 0.603. The molecule has 2 N–H and O–H groups in total. The second-order valence-electron chi connectivity index (χ2n) is 7.52. The summed E-state index contributed by atoms with van der Waals surface area (Å²) < 4.78 is 12.8. The normalized spacial score (nSPS) is 20.6. The molecule has 0 saturated heterocycles. The minimum Gasteiger partial charge on any atom is -0.501 e. The Morgan fingerprint density at radius 3 is 2.77 bits per heavy atom. The van der Waals surface area contributed by atoms with Crippen molar-refractivity contribution in [2.24, 2.45) is 0 Å². The molecule has 0 spiro atoms. The molecule has 0 aliphatic heterocycles. The number of fused-ring (bicyclic) bond motifs is 1. The van der Waals surface area contributed by atoms with Crippen molar-refractivity contribution in [2.75, 3.05) is 19.0 Å². The topological polar surface area (TPSA) is 98.5 Å². The number of aliphatic hydroxyl groups excluding tert-OH is 1. The first-order chi connectivity index (χ1) is 14.7. The number of amides is 1.